The number of aliphatic hydroxyl groups excluding tert-OH is 1. The van der Waals surface area contributed by atoms with Gasteiger partial charge in [0.2, 0.25) is 5.78 Å². The minimum absolute atomic E-state index is 0.269. The molecule has 1 aromatic rings. The molecule has 0 radical (unpaired) electrons. The first-order chi connectivity index (χ1) is 9.67. The summed E-state index contributed by atoms with van der Waals surface area (Å²) in [7, 11) is 0. The first-order valence-electron chi connectivity index (χ1n) is 6.38. The van der Waals surface area contributed by atoms with E-state index in [0.29, 0.717) is 0 Å². The fourth-order valence-electron chi connectivity index (χ4n) is 2.25. The van der Waals surface area contributed by atoms with E-state index in [0.717, 1.165) is 0 Å². The first-order valence-corrected chi connectivity index (χ1v) is 6.38. The van der Waals surface area contributed by atoms with Crippen LogP contribution in [0.2, 0.25) is 0 Å². The SMILES string of the molecule is CC(NC(=O)C1=C(O)C(C)(C)n2cccc2C1=O)C(=O)O. The quantitative estimate of drug-likeness (QED) is 0.715. The predicted octanol–water partition coefficient (Wildman–Crippen LogP) is 0.821. The number of carboxylic acid groups (broad SMARTS) is 1. The monoisotopic (exact) mass is 292 g/mol. The van der Waals surface area contributed by atoms with E-state index in [1.54, 1.807) is 36.7 Å². The maximum Gasteiger partial charge on any atom is 0.325 e. The van der Waals surface area contributed by atoms with E-state index in [1.165, 1.54) is 6.92 Å². The van der Waals surface area contributed by atoms with Crippen LogP contribution in [0.3, 0.4) is 0 Å². The minimum atomic E-state index is -1.23. The number of amides is 1. The van der Waals surface area contributed by atoms with Crippen LogP contribution in [0.15, 0.2) is 29.7 Å². The number of carbonyl (C=O) groups is 3. The van der Waals surface area contributed by atoms with Crippen LogP contribution < -0.4 is 5.32 Å². The Hall–Kier alpha value is -2.57. The number of carboxylic acids is 1. The van der Waals surface area contributed by atoms with Crippen molar-refractivity contribution in [1.29, 1.82) is 0 Å². The lowest BCUT2D eigenvalue weighted by Crippen LogP contribution is -2.45. The van der Waals surface area contributed by atoms with Crippen LogP contribution in [-0.2, 0) is 15.1 Å². The lowest BCUT2D eigenvalue weighted by atomic mass is 9.89. The summed E-state index contributed by atoms with van der Waals surface area (Å²) < 4.78 is 1.57. The molecule has 7 nitrogen and oxygen atoms in total. The highest BCUT2D eigenvalue weighted by Gasteiger charge is 2.41. The van der Waals surface area contributed by atoms with Crippen LogP contribution in [0.4, 0.5) is 0 Å². The summed E-state index contributed by atoms with van der Waals surface area (Å²) >= 11 is 0. The van der Waals surface area contributed by atoms with Crippen LogP contribution in [0.5, 0.6) is 0 Å². The molecule has 2 heterocycles. The number of ketones is 1. The fourth-order valence-corrected chi connectivity index (χ4v) is 2.25. The van der Waals surface area contributed by atoms with Crippen molar-refractivity contribution in [1.82, 2.24) is 9.88 Å². The van der Waals surface area contributed by atoms with E-state index >= 15 is 0 Å². The zero-order valence-corrected chi connectivity index (χ0v) is 11.9. The molecule has 112 valence electrons. The summed E-state index contributed by atoms with van der Waals surface area (Å²) in [4.78, 5) is 35.2. The van der Waals surface area contributed by atoms with Crippen molar-refractivity contribution in [2.45, 2.75) is 32.4 Å². The minimum Gasteiger partial charge on any atom is -0.509 e. The van der Waals surface area contributed by atoms with Gasteiger partial charge in [-0.1, -0.05) is 0 Å². The van der Waals surface area contributed by atoms with Crippen LogP contribution in [-0.4, -0.2) is 38.5 Å². The largest absolute Gasteiger partial charge is 0.509 e. The Morgan fingerprint density at radius 1 is 1.38 bits per heavy atom. The van der Waals surface area contributed by atoms with Crippen LogP contribution in [0.25, 0.3) is 0 Å². The highest BCUT2D eigenvalue weighted by atomic mass is 16.4. The van der Waals surface area contributed by atoms with Gasteiger partial charge in [-0.3, -0.25) is 14.4 Å². The van der Waals surface area contributed by atoms with Gasteiger partial charge < -0.3 is 20.1 Å². The smallest absolute Gasteiger partial charge is 0.325 e. The van der Waals surface area contributed by atoms with Crippen molar-refractivity contribution < 1.29 is 24.6 Å². The Balaban J connectivity index is 2.45. The summed E-state index contributed by atoms with van der Waals surface area (Å²) in [5, 5.41) is 21.3. The van der Waals surface area contributed by atoms with Crippen LogP contribution in [0, 0.1) is 0 Å². The topological polar surface area (TPSA) is 109 Å². The third kappa shape index (κ3) is 2.20. The lowest BCUT2D eigenvalue weighted by molar-refractivity contribution is -0.140. The molecule has 0 saturated carbocycles. The third-order valence-electron chi connectivity index (χ3n) is 3.57. The number of allylic oxidation sites excluding steroid dienone is 1. The summed E-state index contributed by atoms with van der Waals surface area (Å²) in [5.74, 6) is -3.14. The number of Topliss-reactive ketones (excluding diaryl/α,β-unsaturated/α-hetero) is 1. The van der Waals surface area contributed by atoms with Crippen molar-refractivity contribution in [2.24, 2.45) is 0 Å². The Kier molecular flexibility index (Phi) is 3.36. The van der Waals surface area contributed by atoms with Gasteiger partial charge in [-0.25, -0.2) is 0 Å². The Bertz CT molecular complexity index is 669. The van der Waals surface area contributed by atoms with Gasteiger partial charge in [0.1, 0.15) is 17.4 Å². The highest BCUT2D eigenvalue weighted by Crippen LogP contribution is 2.34. The molecular formula is C14H16N2O5. The van der Waals surface area contributed by atoms with Crippen molar-refractivity contribution in [3.63, 3.8) is 0 Å². The number of fused-ring (bicyclic) bond motifs is 1. The van der Waals surface area contributed by atoms with Crippen molar-refractivity contribution >= 4 is 17.7 Å². The summed E-state index contributed by atoms with van der Waals surface area (Å²) in [6, 6.07) is 2.02. The molecule has 0 bridgehead atoms. The molecule has 0 aliphatic carbocycles. The van der Waals surface area contributed by atoms with Crippen molar-refractivity contribution in [2.75, 3.05) is 0 Å². The summed E-state index contributed by atoms with van der Waals surface area (Å²) in [6.45, 7) is 4.59. The standard InChI is InChI=1S/C14H16N2O5/c1-7(13(20)21)15-12(19)9-10(17)8-5-4-6-16(8)14(2,3)11(9)18/h4-7,18H,1-3H3,(H,15,19)(H,20,21). The van der Waals surface area contributed by atoms with Gasteiger partial charge in [-0.2, -0.15) is 0 Å². The normalized spacial score (nSPS) is 18.1. The lowest BCUT2D eigenvalue weighted by Gasteiger charge is -2.33. The number of hydrogen-bond donors (Lipinski definition) is 3. The molecule has 0 saturated heterocycles. The maximum absolute atomic E-state index is 12.3. The van der Waals surface area contributed by atoms with Gasteiger partial charge in [0.25, 0.3) is 5.91 Å². The molecule has 1 aromatic heterocycles. The van der Waals surface area contributed by atoms with E-state index in [2.05, 4.69) is 5.32 Å². The molecule has 0 aromatic carbocycles. The predicted molar refractivity (Wildman–Crippen MR) is 73.0 cm³/mol. The Labute approximate surface area is 120 Å². The fraction of sp³-hybridized carbons (Fsp3) is 0.357. The molecule has 2 rings (SSSR count). The van der Waals surface area contributed by atoms with Crippen molar-refractivity contribution in [3.05, 3.63) is 35.4 Å². The van der Waals surface area contributed by atoms with Crippen LogP contribution in [0.1, 0.15) is 31.3 Å². The zero-order chi connectivity index (χ0) is 15.9. The second-order valence-corrected chi connectivity index (χ2v) is 5.41. The third-order valence-corrected chi connectivity index (χ3v) is 3.57. The molecule has 7 heteroatoms. The van der Waals surface area contributed by atoms with Crippen LogP contribution >= 0.6 is 0 Å². The summed E-state index contributed by atoms with van der Waals surface area (Å²) in [5.41, 5.74) is -1.11. The number of nitrogens with zero attached hydrogens (tertiary/aromatic N) is 1. The summed E-state index contributed by atoms with van der Waals surface area (Å²) in [6.07, 6.45) is 1.64. The molecule has 1 aliphatic rings. The molecule has 1 aliphatic heterocycles. The van der Waals surface area contributed by atoms with E-state index in [9.17, 15) is 19.5 Å². The average Bonchev–Trinajstić information content (AvgIpc) is 2.87. The zero-order valence-electron chi connectivity index (χ0n) is 11.9. The Morgan fingerprint density at radius 3 is 2.57 bits per heavy atom. The van der Waals surface area contributed by atoms with Gasteiger partial charge in [-0.15, -0.1) is 0 Å². The number of aliphatic hydroxyl groups is 1. The number of aliphatic carboxylic acids is 1. The van der Waals surface area contributed by atoms with E-state index < -0.39 is 34.8 Å². The molecule has 1 unspecified atom stereocenters. The molecule has 3 N–H and O–H groups in total. The number of nitrogens with one attached hydrogen (secondary N) is 1. The molecule has 0 spiro atoms. The number of hydrogen-bond acceptors (Lipinski definition) is 4. The first kappa shape index (κ1) is 14.8. The van der Waals surface area contributed by atoms with Gasteiger partial charge in [-0.05, 0) is 32.9 Å². The second-order valence-electron chi connectivity index (χ2n) is 5.41. The number of rotatable bonds is 3. The molecule has 1 amide bonds. The average molecular weight is 292 g/mol. The Morgan fingerprint density at radius 2 is 2.00 bits per heavy atom. The van der Waals surface area contributed by atoms with Gasteiger partial charge in [0, 0.05) is 6.20 Å². The van der Waals surface area contributed by atoms with E-state index in [4.69, 9.17) is 5.11 Å². The van der Waals surface area contributed by atoms with Crippen molar-refractivity contribution in [3.8, 4) is 0 Å². The molecule has 0 fully saturated rings. The number of aromatic nitrogens is 1. The van der Waals surface area contributed by atoms with Gasteiger partial charge in [0.15, 0.2) is 0 Å². The van der Waals surface area contributed by atoms with E-state index in [-0.39, 0.29) is 11.5 Å². The van der Waals surface area contributed by atoms with Gasteiger partial charge >= 0.3 is 5.97 Å². The maximum atomic E-state index is 12.3. The van der Waals surface area contributed by atoms with Gasteiger partial charge in [0.05, 0.1) is 11.2 Å². The molecular weight excluding hydrogens is 276 g/mol. The molecule has 21 heavy (non-hydrogen) atoms. The number of carbonyl (C=O) groups excluding carboxylic acids is 2. The van der Waals surface area contributed by atoms with E-state index in [1.807, 2.05) is 0 Å². The molecule has 1 atom stereocenters. The highest BCUT2D eigenvalue weighted by molar-refractivity contribution is 6.26. The second kappa shape index (κ2) is 4.76.